The largest absolute Gasteiger partial charge is 0.495 e. The van der Waals surface area contributed by atoms with E-state index in [0.29, 0.717) is 48.6 Å². The minimum atomic E-state index is -0.204. The van der Waals surface area contributed by atoms with Crippen molar-refractivity contribution >= 4 is 29.1 Å². The highest BCUT2D eigenvalue weighted by Crippen LogP contribution is 2.26. The van der Waals surface area contributed by atoms with Crippen LogP contribution in [0.3, 0.4) is 0 Å². The second kappa shape index (κ2) is 9.23. The van der Waals surface area contributed by atoms with Gasteiger partial charge in [0.15, 0.2) is 5.78 Å². The van der Waals surface area contributed by atoms with Crippen molar-refractivity contribution < 1.29 is 19.1 Å². The van der Waals surface area contributed by atoms with E-state index in [2.05, 4.69) is 10.6 Å². The molecule has 1 heterocycles. The number of nitrogens with one attached hydrogen (secondary N) is 2. The van der Waals surface area contributed by atoms with Crippen LogP contribution in [-0.4, -0.2) is 42.8 Å². The Morgan fingerprint density at radius 2 is 1.62 bits per heavy atom. The van der Waals surface area contributed by atoms with Crippen molar-refractivity contribution in [1.29, 1.82) is 0 Å². The third-order valence-corrected chi connectivity index (χ3v) is 5.06. The molecule has 0 aromatic heterocycles. The van der Waals surface area contributed by atoms with E-state index in [9.17, 15) is 14.4 Å². The fourth-order valence-electron chi connectivity index (χ4n) is 3.32. The first-order valence-corrected chi connectivity index (χ1v) is 9.58. The number of benzene rings is 2. The van der Waals surface area contributed by atoms with Gasteiger partial charge >= 0.3 is 6.03 Å². The first-order chi connectivity index (χ1) is 14.0. The summed E-state index contributed by atoms with van der Waals surface area (Å²) in [6, 6.07) is 13.9. The van der Waals surface area contributed by atoms with Crippen LogP contribution < -0.4 is 15.4 Å². The van der Waals surface area contributed by atoms with Gasteiger partial charge in [0.05, 0.1) is 12.8 Å². The quantitative estimate of drug-likeness (QED) is 0.754. The molecule has 2 aromatic carbocycles. The zero-order valence-electron chi connectivity index (χ0n) is 16.6. The topological polar surface area (TPSA) is 87.7 Å². The number of likely N-dealkylation sites (tertiary alicyclic amines) is 1. The van der Waals surface area contributed by atoms with Gasteiger partial charge < -0.3 is 20.3 Å². The van der Waals surface area contributed by atoms with Gasteiger partial charge in [-0.2, -0.15) is 0 Å². The number of amides is 3. The van der Waals surface area contributed by atoms with Crippen LogP contribution in [0.1, 0.15) is 30.1 Å². The smallest absolute Gasteiger partial charge is 0.321 e. The van der Waals surface area contributed by atoms with Gasteiger partial charge in [-0.15, -0.1) is 0 Å². The highest BCUT2D eigenvalue weighted by Gasteiger charge is 2.27. The standard InChI is InChI=1S/C22H25N3O4/c1-15(26)16-7-9-18(10-8-16)23-22(28)25-13-11-17(12-14-25)21(27)24-19-5-3-4-6-20(19)29-2/h3-10,17H,11-14H2,1-2H3,(H,23,28)(H,24,27). The molecule has 1 aliphatic heterocycles. The van der Waals surface area contributed by atoms with Gasteiger partial charge in [-0.25, -0.2) is 4.79 Å². The van der Waals surface area contributed by atoms with Crippen molar-refractivity contribution in [2.24, 2.45) is 5.92 Å². The number of rotatable bonds is 5. The Morgan fingerprint density at radius 3 is 2.24 bits per heavy atom. The van der Waals surface area contributed by atoms with Crippen LogP contribution in [0.15, 0.2) is 48.5 Å². The molecule has 0 spiro atoms. The molecule has 2 aromatic rings. The average Bonchev–Trinajstić information content (AvgIpc) is 2.74. The lowest BCUT2D eigenvalue weighted by Crippen LogP contribution is -2.43. The molecule has 152 valence electrons. The molecule has 7 nitrogen and oxygen atoms in total. The monoisotopic (exact) mass is 395 g/mol. The minimum absolute atomic E-state index is 0.0173. The van der Waals surface area contributed by atoms with Gasteiger partial charge in [-0.05, 0) is 56.2 Å². The summed E-state index contributed by atoms with van der Waals surface area (Å²) in [5, 5.41) is 5.75. The molecule has 1 fully saturated rings. The third-order valence-electron chi connectivity index (χ3n) is 5.06. The molecule has 0 unspecified atom stereocenters. The molecule has 7 heteroatoms. The molecular weight excluding hydrogens is 370 g/mol. The summed E-state index contributed by atoms with van der Waals surface area (Å²) in [6.45, 7) is 2.50. The first-order valence-electron chi connectivity index (χ1n) is 9.58. The molecule has 0 aliphatic carbocycles. The number of anilines is 2. The van der Waals surface area contributed by atoms with E-state index in [-0.39, 0.29) is 23.6 Å². The third kappa shape index (κ3) is 5.13. The van der Waals surface area contributed by atoms with E-state index in [1.807, 2.05) is 12.1 Å². The molecule has 1 saturated heterocycles. The number of ether oxygens (including phenoxy) is 1. The van der Waals surface area contributed by atoms with E-state index in [4.69, 9.17) is 4.74 Å². The summed E-state index contributed by atoms with van der Waals surface area (Å²) in [4.78, 5) is 38.1. The Hall–Kier alpha value is -3.35. The fraction of sp³-hybridized carbons (Fsp3) is 0.318. The number of para-hydroxylation sites is 2. The summed E-state index contributed by atoms with van der Waals surface area (Å²) in [5.74, 6) is 0.387. The molecule has 29 heavy (non-hydrogen) atoms. The second-order valence-electron chi connectivity index (χ2n) is 7.01. The molecule has 0 atom stereocenters. The molecule has 0 saturated carbocycles. The lowest BCUT2D eigenvalue weighted by molar-refractivity contribution is -0.121. The van der Waals surface area contributed by atoms with Crippen LogP contribution in [0.4, 0.5) is 16.2 Å². The van der Waals surface area contributed by atoms with E-state index < -0.39 is 0 Å². The van der Waals surface area contributed by atoms with Crippen molar-refractivity contribution in [2.45, 2.75) is 19.8 Å². The summed E-state index contributed by atoms with van der Waals surface area (Å²) < 4.78 is 5.26. The molecule has 0 radical (unpaired) electrons. The molecular formula is C22H25N3O4. The molecule has 3 amide bonds. The maximum absolute atomic E-state index is 12.6. The number of piperidine rings is 1. The van der Waals surface area contributed by atoms with Crippen LogP contribution in [0, 0.1) is 5.92 Å². The number of ketones is 1. The molecule has 0 bridgehead atoms. The molecule has 3 rings (SSSR count). The van der Waals surface area contributed by atoms with E-state index in [0.717, 1.165) is 0 Å². The number of hydrogen-bond acceptors (Lipinski definition) is 4. The molecule has 1 aliphatic rings. The van der Waals surface area contributed by atoms with Crippen molar-refractivity contribution in [1.82, 2.24) is 4.90 Å². The van der Waals surface area contributed by atoms with Gasteiger partial charge in [0.25, 0.3) is 0 Å². The molecule has 2 N–H and O–H groups in total. The Balaban J connectivity index is 1.51. The number of Topliss-reactive ketones (excluding diaryl/α,β-unsaturated/α-hetero) is 1. The Labute approximate surface area is 170 Å². The zero-order chi connectivity index (χ0) is 20.8. The predicted molar refractivity (Wildman–Crippen MR) is 111 cm³/mol. The lowest BCUT2D eigenvalue weighted by atomic mass is 9.96. The number of hydrogen-bond donors (Lipinski definition) is 2. The van der Waals surface area contributed by atoms with Crippen LogP contribution in [0.25, 0.3) is 0 Å². The minimum Gasteiger partial charge on any atom is -0.495 e. The summed E-state index contributed by atoms with van der Waals surface area (Å²) >= 11 is 0. The lowest BCUT2D eigenvalue weighted by Gasteiger charge is -2.31. The van der Waals surface area contributed by atoms with Crippen LogP contribution in [0.5, 0.6) is 5.75 Å². The maximum atomic E-state index is 12.6. The van der Waals surface area contributed by atoms with Crippen LogP contribution >= 0.6 is 0 Å². The summed E-state index contributed by atoms with van der Waals surface area (Å²) in [6.07, 6.45) is 1.19. The van der Waals surface area contributed by atoms with E-state index in [1.165, 1.54) is 6.92 Å². The van der Waals surface area contributed by atoms with Crippen molar-refractivity contribution in [2.75, 3.05) is 30.8 Å². The summed E-state index contributed by atoms with van der Waals surface area (Å²) in [7, 11) is 1.57. The first kappa shape index (κ1) is 20.4. The van der Waals surface area contributed by atoms with Crippen molar-refractivity contribution in [3.05, 3.63) is 54.1 Å². The maximum Gasteiger partial charge on any atom is 0.321 e. The second-order valence-corrected chi connectivity index (χ2v) is 7.01. The van der Waals surface area contributed by atoms with Crippen LogP contribution in [0.2, 0.25) is 0 Å². The summed E-state index contributed by atoms with van der Waals surface area (Å²) in [5.41, 5.74) is 1.88. The Bertz CT molecular complexity index is 887. The van der Waals surface area contributed by atoms with Crippen LogP contribution in [-0.2, 0) is 4.79 Å². The van der Waals surface area contributed by atoms with Gasteiger partial charge in [-0.1, -0.05) is 12.1 Å². The van der Waals surface area contributed by atoms with Gasteiger partial charge in [0, 0.05) is 30.3 Å². The number of urea groups is 1. The number of carbonyl (C=O) groups excluding carboxylic acids is 3. The fourth-order valence-corrected chi connectivity index (χ4v) is 3.32. The average molecular weight is 395 g/mol. The van der Waals surface area contributed by atoms with E-state index in [1.54, 1.807) is 48.4 Å². The van der Waals surface area contributed by atoms with Crippen molar-refractivity contribution in [3.8, 4) is 5.75 Å². The highest BCUT2D eigenvalue weighted by atomic mass is 16.5. The number of carbonyl (C=O) groups is 3. The van der Waals surface area contributed by atoms with Gasteiger partial charge in [0.2, 0.25) is 5.91 Å². The zero-order valence-corrected chi connectivity index (χ0v) is 16.6. The van der Waals surface area contributed by atoms with Gasteiger partial charge in [-0.3, -0.25) is 9.59 Å². The van der Waals surface area contributed by atoms with Gasteiger partial charge in [0.1, 0.15) is 5.75 Å². The van der Waals surface area contributed by atoms with E-state index >= 15 is 0 Å². The number of methoxy groups -OCH3 is 1. The highest BCUT2D eigenvalue weighted by molar-refractivity contribution is 5.96. The SMILES string of the molecule is COc1ccccc1NC(=O)C1CCN(C(=O)Nc2ccc(C(C)=O)cc2)CC1. The van der Waals surface area contributed by atoms with Crippen molar-refractivity contribution in [3.63, 3.8) is 0 Å². The Kier molecular flexibility index (Phi) is 6.49. The Morgan fingerprint density at radius 1 is 0.966 bits per heavy atom. The predicted octanol–water partition coefficient (Wildman–Crippen LogP) is 3.78. The number of nitrogens with zero attached hydrogens (tertiary/aromatic N) is 1. The normalized spacial score (nSPS) is 14.2.